The van der Waals surface area contributed by atoms with E-state index in [1.54, 1.807) is 19.1 Å². The first-order valence-corrected chi connectivity index (χ1v) is 9.39. The van der Waals surface area contributed by atoms with Gasteiger partial charge < -0.3 is 9.47 Å². The number of hydrogen-bond acceptors (Lipinski definition) is 6. The first kappa shape index (κ1) is 19.1. The molecule has 2 aromatic rings. The van der Waals surface area contributed by atoms with Gasteiger partial charge in [0.15, 0.2) is 6.04 Å². The van der Waals surface area contributed by atoms with Crippen LogP contribution in [-0.4, -0.2) is 32.7 Å². The van der Waals surface area contributed by atoms with E-state index in [0.29, 0.717) is 0 Å². The van der Waals surface area contributed by atoms with E-state index in [9.17, 15) is 13.8 Å². The minimum Gasteiger partial charge on any atom is -0.459 e. The SMILES string of the molecule is C[C@@H]1OS(=O)N(C(=O)OCc2ccccc2)[C@@H]1C(=O)OCc1ccccc1. The zero-order chi connectivity index (χ0) is 19.2. The Bertz CT molecular complexity index is 813. The molecule has 1 amide bonds. The normalized spacial score (nSPS) is 21.7. The number of benzene rings is 2. The summed E-state index contributed by atoms with van der Waals surface area (Å²) in [6.45, 7) is 1.59. The molecule has 0 spiro atoms. The summed E-state index contributed by atoms with van der Waals surface area (Å²) in [5.41, 5.74) is 1.57. The van der Waals surface area contributed by atoms with Gasteiger partial charge in [0.25, 0.3) is 11.3 Å². The number of ether oxygens (including phenoxy) is 2. The van der Waals surface area contributed by atoms with Gasteiger partial charge in [-0.25, -0.2) is 13.8 Å². The van der Waals surface area contributed by atoms with Crippen LogP contribution in [-0.2, 0) is 42.9 Å². The van der Waals surface area contributed by atoms with Crippen LogP contribution >= 0.6 is 0 Å². The molecular formula is C19H19NO6S. The van der Waals surface area contributed by atoms with Crippen LogP contribution in [0, 0.1) is 0 Å². The molecule has 8 heteroatoms. The summed E-state index contributed by atoms with van der Waals surface area (Å²) in [7, 11) is 0. The van der Waals surface area contributed by atoms with Gasteiger partial charge in [-0.1, -0.05) is 60.7 Å². The van der Waals surface area contributed by atoms with Crippen LogP contribution in [0.4, 0.5) is 4.79 Å². The van der Waals surface area contributed by atoms with Crippen molar-refractivity contribution < 1.29 is 27.5 Å². The second kappa shape index (κ2) is 8.79. The predicted octanol–water partition coefficient (Wildman–Crippen LogP) is 2.73. The molecule has 2 aromatic carbocycles. The summed E-state index contributed by atoms with van der Waals surface area (Å²) in [4.78, 5) is 24.9. The summed E-state index contributed by atoms with van der Waals surface area (Å²) in [5.74, 6) is -0.700. The van der Waals surface area contributed by atoms with Crippen LogP contribution in [0.1, 0.15) is 18.1 Å². The van der Waals surface area contributed by atoms with E-state index < -0.39 is 35.5 Å². The Morgan fingerprint density at radius 1 is 0.963 bits per heavy atom. The van der Waals surface area contributed by atoms with Crippen molar-refractivity contribution in [3.8, 4) is 0 Å². The molecule has 1 fully saturated rings. The fourth-order valence-electron chi connectivity index (χ4n) is 2.57. The number of esters is 1. The molecular weight excluding hydrogens is 370 g/mol. The molecule has 0 aromatic heterocycles. The van der Waals surface area contributed by atoms with E-state index >= 15 is 0 Å². The molecule has 1 heterocycles. The second-order valence-corrected chi connectivity index (χ2v) is 6.94. The Morgan fingerprint density at radius 2 is 1.48 bits per heavy atom. The molecule has 0 radical (unpaired) electrons. The molecule has 3 rings (SSSR count). The average molecular weight is 389 g/mol. The molecule has 0 bridgehead atoms. The third-order valence-corrected chi connectivity index (χ3v) is 5.11. The van der Waals surface area contributed by atoms with E-state index in [2.05, 4.69) is 0 Å². The van der Waals surface area contributed by atoms with Crippen LogP contribution in [0.2, 0.25) is 0 Å². The molecule has 1 aliphatic rings. The lowest BCUT2D eigenvalue weighted by atomic mass is 10.2. The molecule has 27 heavy (non-hydrogen) atoms. The van der Waals surface area contributed by atoms with E-state index in [1.165, 1.54) is 0 Å². The maximum absolute atomic E-state index is 12.5. The third kappa shape index (κ3) is 4.72. The first-order chi connectivity index (χ1) is 13.1. The van der Waals surface area contributed by atoms with E-state index in [4.69, 9.17) is 13.7 Å². The summed E-state index contributed by atoms with van der Waals surface area (Å²) >= 11 is -2.12. The average Bonchev–Trinajstić information content (AvgIpc) is 3.00. The summed E-state index contributed by atoms with van der Waals surface area (Å²) in [6, 6.07) is 17.0. The van der Waals surface area contributed by atoms with Crippen LogP contribution in [0.3, 0.4) is 0 Å². The van der Waals surface area contributed by atoms with Crippen molar-refractivity contribution >= 4 is 23.3 Å². The fraction of sp³-hybridized carbons (Fsp3) is 0.263. The zero-order valence-electron chi connectivity index (χ0n) is 14.6. The molecule has 1 aliphatic heterocycles. The monoisotopic (exact) mass is 389 g/mol. The predicted molar refractivity (Wildman–Crippen MR) is 97.2 cm³/mol. The first-order valence-electron chi connectivity index (χ1n) is 8.36. The van der Waals surface area contributed by atoms with Crippen LogP contribution in [0.25, 0.3) is 0 Å². The van der Waals surface area contributed by atoms with Crippen LogP contribution < -0.4 is 0 Å². The van der Waals surface area contributed by atoms with Crippen LogP contribution in [0.15, 0.2) is 60.7 Å². The smallest absolute Gasteiger partial charge is 0.424 e. The molecule has 0 N–H and O–H groups in total. The molecule has 0 aliphatic carbocycles. The van der Waals surface area contributed by atoms with Gasteiger partial charge in [0.2, 0.25) is 0 Å². The van der Waals surface area contributed by atoms with E-state index in [-0.39, 0.29) is 13.2 Å². The molecule has 1 saturated heterocycles. The lowest BCUT2D eigenvalue weighted by Crippen LogP contribution is -2.45. The maximum atomic E-state index is 12.5. The van der Waals surface area contributed by atoms with Crippen molar-refractivity contribution in [1.82, 2.24) is 4.31 Å². The van der Waals surface area contributed by atoms with Gasteiger partial charge in [0, 0.05) is 0 Å². The number of hydrogen-bond donors (Lipinski definition) is 0. The summed E-state index contributed by atoms with van der Waals surface area (Å²) < 4.78 is 28.5. The molecule has 1 unspecified atom stereocenters. The Kier molecular flexibility index (Phi) is 6.20. The van der Waals surface area contributed by atoms with Crippen molar-refractivity contribution in [2.75, 3.05) is 0 Å². The van der Waals surface area contributed by atoms with Crippen molar-refractivity contribution in [2.24, 2.45) is 0 Å². The topological polar surface area (TPSA) is 82.1 Å². The number of carbonyl (C=O) groups is 2. The second-order valence-electron chi connectivity index (χ2n) is 5.92. The van der Waals surface area contributed by atoms with Gasteiger partial charge >= 0.3 is 12.1 Å². The zero-order valence-corrected chi connectivity index (χ0v) is 15.5. The standard InChI is InChI=1S/C19H19NO6S/c1-14-17(18(21)24-12-15-8-4-2-5-9-15)20(27(23)26-14)19(22)25-13-16-10-6-3-7-11-16/h2-11,14,17H,12-13H2,1H3/t14-,17-,27?/m0/s1. The molecule has 7 nitrogen and oxygen atoms in total. The highest BCUT2D eigenvalue weighted by Gasteiger charge is 2.48. The largest absolute Gasteiger partial charge is 0.459 e. The lowest BCUT2D eigenvalue weighted by molar-refractivity contribution is -0.150. The van der Waals surface area contributed by atoms with E-state index in [1.807, 2.05) is 48.5 Å². The Labute approximate surface area is 159 Å². The van der Waals surface area contributed by atoms with E-state index in [0.717, 1.165) is 15.4 Å². The van der Waals surface area contributed by atoms with Gasteiger partial charge in [-0.05, 0) is 18.1 Å². The van der Waals surface area contributed by atoms with Crippen molar-refractivity contribution in [3.63, 3.8) is 0 Å². The highest BCUT2D eigenvalue weighted by molar-refractivity contribution is 7.78. The molecule has 3 atom stereocenters. The number of amides is 1. The van der Waals surface area contributed by atoms with Crippen molar-refractivity contribution in [2.45, 2.75) is 32.3 Å². The van der Waals surface area contributed by atoms with Crippen LogP contribution in [0.5, 0.6) is 0 Å². The highest BCUT2D eigenvalue weighted by Crippen LogP contribution is 2.24. The Hall–Kier alpha value is -2.71. The van der Waals surface area contributed by atoms with Gasteiger partial charge in [-0.3, -0.25) is 4.18 Å². The van der Waals surface area contributed by atoms with Gasteiger partial charge in [-0.2, -0.15) is 4.31 Å². The van der Waals surface area contributed by atoms with Crippen molar-refractivity contribution in [3.05, 3.63) is 71.8 Å². The molecule has 0 saturated carbocycles. The minimum atomic E-state index is -2.12. The number of rotatable bonds is 5. The van der Waals surface area contributed by atoms with Gasteiger partial charge in [-0.15, -0.1) is 0 Å². The Balaban J connectivity index is 1.64. The summed E-state index contributed by atoms with van der Waals surface area (Å²) in [5, 5.41) is 0. The maximum Gasteiger partial charge on any atom is 0.424 e. The number of carbonyl (C=O) groups excluding carboxylic acids is 2. The van der Waals surface area contributed by atoms with Gasteiger partial charge in [0.05, 0.1) is 0 Å². The quantitative estimate of drug-likeness (QED) is 0.732. The minimum absolute atomic E-state index is 0.00641. The third-order valence-electron chi connectivity index (χ3n) is 3.94. The Morgan fingerprint density at radius 3 is 2.04 bits per heavy atom. The highest BCUT2D eigenvalue weighted by atomic mass is 32.2. The van der Waals surface area contributed by atoms with Crippen molar-refractivity contribution in [1.29, 1.82) is 0 Å². The lowest BCUT2D eigenvalue weighted by Gasteiger charge is -2.20. The van der Waals surface area contributed by atoms with Gasteiger partial charge in [0.1, 0.15) is 19.3 Å². The number of nitrogens with zero attached hydrogens (tertiary/aromatic N) is 1. The summed E-state index contributed by atoms with van der Waals surface area (Å²) in [6.07, 6.45) is -1.68. The molecule has 142 valence electrons. The fourth-order valence-corrected chi connectivity index (χ4v) is 3.65.